The summed E-state index contributed by atoms with van der Waals surface area (Å²) in [6.07, 6.45) is -5.10. The summed E-state index contributed by atoms with van der Waals surface area (Å²) in [5, 5.41) is 0. The minimum Gasteiger partial charge on any atom is -0.296 e. The van der Waals surface area contributed by atoms with Gasteiger partial charge in [0.25, 0.3) is 0 Å². The Morgan fingerprint density at radius 1 is 1.28 bits per heavy atom. The largest absolute Gasteiger partial charge is 0.390 e. The highest BCUT2D eigenvalue weighted by Crippen LogP contribution is 2.20. The molecule has 0 bridgehead atoms. The van der Waals surface area contributed by atoms with E-state index in [9.17, 15) is 18.0 Å². The van der Waals surface area contributed by atoms with Crippen molar-refractivity contribution in [1.29, 1.82) is 0 Å². The van der Waals surface area contributed by atoms with Gasteiger partial charge in [-0.1, -0.05) is 30.3 Å². The molecule has 0 heterocycles. The zero-order valence-electron chi connectivity index (χ0n) is 10.4. The lowest BCUT2D eigenvalue weighted by atomic mass is 10.0. The first kappa shape index (κ1) is 14.7. The molecule has 18 heavy (non-hydrogen) atoms. The smallest absolute Gasteiger partial charge is 0.296 e. The maximum atomic E-state index is 12.1. The number of alkyl halides is 3. The Labute approximate surface area is 104 Å². The molecule has 0 radical (unpaired) electrons. The molecule has 1 unspecified atom stereocenters. The Balaban J connectivity index is 2.59. The zero-order valence-corrected chi connectivity index (χ0v) is 10.4. The molecule has 0 aliphatic rings. The molecule has 0 saturated carbocycles. The van der Waals surface area contributed by atoms with E-state index in [1.54, 1.807) is 37.3 Å². The molecule has 0 saturated heterocycles. The minimum absolute atomic E-state index is 0.166. The fourth-order valence-electron chi connectivity index (χ4n) is 1.54. The number of nitrogens with zero attached hydrogens (tertiary/aromatic N) is 1. The number of benzene rings is 1. The van der Waals surface area contributed by atoms with Crippen molar-refractivity contribution in [3.8, 4) is 0 Å². The average Bonchev–Trinajstić information content (AvgIpc) is 2.34. The zero-order chi connectivity index (χ0) is 13.8. The summed E-state index contributed by atoms with van der Waals surface area (Å²) >= 11 is 0. The Bertz CT molecular complexity index is 389. The van der Waals surface area contributed by atoms with Crippen LogP contribution in [0.1, 0.15) is 23.7 Å². The summed E-state index contributed by atoms with van der Waals surface area (Å²) in [7, 11) is 1.53. The first-order chi connectivity index (χ1) is 8.31. The first-order valence-corrected chi connectivity index (χ1v) is 5.67. The predicted molar refractivity (Wildman–Crippen MR) is 63.5 cm³/mol. The summed E-state index contributed by atoms with van der Waals surface area (Å²) in [5.41, 5.74) is 0.517. The van der Waals surface area contributed by atoms with Gasteiger partial charge < -0.3 is 0 Å². The molecule has 0 amide bonds. The Morgan fingerprint density at radius 3 is 2.33 bits per heavy atom. The van der Waals surface area contributed by atoms with Gasteiger partial charge in [0.05, 0.1) is 12.5 Å². The van der Waals surface area contributed by atoms with E-state index < -0.39 is 18.6 Å². The van der Waals surface area contributed by atoms with E-state index in [0.29, 0.717) is 5.56 Å². The van der Waals surface area contributed by atoms with Crippen LogP contribution in [0, 0.1) is 0 Å². The lowest BCUT2D eigenvalue weighted by Crippen LogP contribution is -2.38. The second kappa shape index (κ2) is 6.00. The molecule has 0 spiro atoms. The minimum atomic E-state index is -4.19. The summed E-state index contributed by atoms with van der Waals surface area (Å²) in [4.78, 5) is 13.4. The first-order valence-electron chi connectivity index (χ1n) is 5.67. The second-order valence-electron chi connectivity index (χ2n) is 4.25. The third kappa shape index (κ3) is 4.49. The van der Waals surface area contributed by atoms with Gasteiger partial charge in [0, 0.05) is 12.1 Å². The lowest BCUT2D eigenvalue weighted by molar-refractivity contribution is -0.137. The van der Waals surface area contributed by atoms with Crippen molar-refractivity contribution in [2.75, 3.05) is 13.6 Å². The molecule has 1 rings (SSSR count). The number of ketones is 1. The van der Waals surface area contributed by atoms with Crippen LogP contribution in [0.25, 0.3) is 0 Å². The van der Waals surface area contributed by atoms with E-state index >= 15 is 0 Å². The van der Waals surface area contributed by atoms with Crippen LogP contribution in [0.2, 0.25) is 0 Å². The van der Waals surface area contributed by atoms with Crippen LogP contribution < -0.4 is 0 Å². The van der Waals surface area contributed by atoms with E-state index in [-0.39, 0.29) is 12.3 Å². The van der Waals surface area contributed by atoms with Crippen LogP contribution in [-0.2, 0) is 0 Å². The normalized spacial score (nSPS) is 13.7. The molecule has 5 heteroatoms. The van der Waals surface area contributed by atoms with Gasteiger partial charge in [-0.3, -0.25) is 9.69 Å². The van der Waals surface area contributed by atoms with Crippen molar-refractivity contribution in [2.45, 2.75) is 25.6 Å². The standard InChI is InChI=1S/C13H16F3NO/c1-10(17(2)9-8-13(14,15)16)12(18)11-6-4-3-5-7-11/h3-7,10H,8-9H2,1-2H3. The topological polar surface area (TPSA) is 20.3 Å². The van der Waals surface area contributed by atoms with Crippen LogP contribution in [0.15, 0.2) is 30.3 Å². The maximum Gasteiger partial charge on any atom is 0.390 e. The van der Waals surface area contributed by atoms with Crippen LogP contribution >= 0.6 is 0 Å². The molecule has 0 aromatic heterocycles. The fourth-order valence-corrected chi connectivity index (χ4v) is 1.54. The third-order valence-corrected chi connectivity index (χ3v) is 2.85. The molecule has 0 N–H and O–H groups in total. The molecule has 1 aromatic rings. The molecular formula is C13H16F3NO. The highest BCUT2D eigenvalue weighted by Gasteiger charge is 2.29. The maximum absolute atomic E-state index is 12.1. The van der Waals surface area contributed by atoms with E-state index in [0.717, 1.165) is 0 Å². The lowest BCUT2D eigenvalue weighted by Gasteiger charge is -2.24. The molecule has 2 nitrogen and oxygen atoms in total. The van der Waals surface area contributed by atoms with Crippen molar-refractivity contribution in [3.63, 3.8) is 0 Å². The Hall–Kier alpha value is -1.36. The molecular weight excluding hydrogens is 243 g/mol. The summed E-state index contributed by atoms with van der Waals surface area (Å²) in [6, 6.07) is 8.02. The van der Waals surface area contributed by atoms with E-state index in [2.05, 4.69) is 0 Å². The van der Waals surface area contributed by atoms with Gasteiger partial charge in [-0.2, -0.15) is 13.2 Å². The molecule has 100 valence electrons. The number of rotatable bonds is 5. The average molecular weight is 259 g/mol. The molecule has 0 aliphatic carbocycles. The van der Waals surface area contributed by atoms with Crippen molar-refractivity contribution in [2.24, 2.45) is 0 Å². The third-order valence-electron chi connectivity index (χ3n) is 2.85. The number of hydrogen-bond donors (Lipinski definition) is 0. The Morgan fingerprint density at radius 2 is 1.83 bits per heavy atom. The van der Waals surface area contributed by atoms with Crippen molar-refractivity contribution in [3.05, 3.63) is 35.9 Å². The molecule has 1 aromatic carbocycles. The number of halogens is 3. The number of likely N-dealkylation sites (N-methyl/N-ethyl adjacent to an activating group) is 1. The predicted octanol–water partition coefficient (Wildman–Crippen LogP) is 3.14. The Kier molecular flexibility index (Phi) is 4.90. The monoisotopic (exact) mass is 259 g/mol. The summed E-state index contributed by atoms with van der Waals surface area (Å²) in [5.74, 6) is -0.166. The van der Waals surface area contributed by atoms with E-state index in [1.807, 2.05) is 0 Å². The van der Waals surface area contributed by atoms with Gasteiger partial charge in [0.2, 0.25) is 0 Å². The number of Topliss-reactive ketones (excluding diaryl/α,β-unsaturated/α-hetero) is 1. The quantitative estimate of drug-likeness (QED) is 0.757. The SMILES string of the molecule is CC(C(=O)c1ccccc1)N(C)CCC(F)(F)F. The van der Waals surface area contributed by atoms with Gasteiger partial charge in [-0.15, -0.1) is 0 Å². The molecule has 1 atom stereocenters. The number of carbonyl (C=O) groups excluding carboxylic acids is 1. The van der Waals surface area contributed by atoms with Gasteiger partial charge in [0.1, 0.15) is 0 Å². The number of hydrogen-bond acceptors (Lipinski definition) is 2. The fraction of sp³-hybridized carbons (Fsp3) is 0.462. The molecule has 0 fully saturated rings. The van der Waals surface area contributed by atoms with Crippen molar-refractivity contribution in [1.82, 2.24) is 4.90 Å². The van der Waals surface area contributed by atoms with Crippen molar-refractivity contribution >= 4 is 5.78 Å². The van der Waals surface area contributed by atoms with Crippen LogP contribution in [0.5, 0.6) is 0 Å². The van der Waals surface area contributed by atoms with Gasteiger partial charge in [0.15, 0.2) is 5.78 Å². The van der Waals surface area contributed by atoms with Crippen LogP contribution in [0.4, 0.5) is 13.2 Å². The number of carbonyl (C=O) groups is 1. The summed E-state index contributed by atoms with van der Waals surface area (Å²) < 4.78 is 36.3. The van der Waals surface area contributed by atoms with Gasteiger partial charge in [-0.05, 0) is 14.0 Å². The second-order valence-corrected chi connectivity index (χ2v) is 4.25. The van der Waals surface area contributed by atoms with E-state index in [4.69, 9.17) is 0 Å². The van der Waals surface area contributed by atoms with Crippen molar-refractivity contribution < 1.29 is 18.0 Å². The highest BCUT2D eigenvalue weighted by molar-refractivity contribution is 5.99. The highest BCUT2D eigenvalue weighted by atomic mass is 19.4. The van der Waals surface area contributed by atoms with Gasteiger partial charge in [-0.25, -0.2) is 0 Å². The van der Waals surface area contributed by atoms with Crippen LogP contribution in [0.3, 0.4) is 0 Å². The van der Waals surface area contributed by atoms with Crippen LogP contribution in [-0.4, -0.2) is 36.5 Å². The van der Waals surface area contributed by atoms with E-state index in [1.165, 1.54) is 11.9 Å². The summed E-state index contributed by atoms with van der Waals surface area (Å²) in [6.45, 7) is 1.44. The molecule has 0 aliphatic heterocycles. The van der Waals surface area contributed by atoms with Gasteiger partial charge >= 0.3 is 6.18 Å².